The summed E-state index contributed by atoms with van der Waals surface area (Å²) in [5, 5.41) is 0.515. The highest BCUT2D eigenvalue weighted by molar-refractivity contribution is 7.90. The normalized spacial score (nSPS) is 11.7. The summed E-state index contributed by atoms with van der Waals surface area (Å²) in [6, 6.07) is 3.21. The van der Waals surface area contributed by atoms with Gasteiger partial charge in [-0.3, -0.25) is 4.72 Å². The van der Waals surface area contributed by atoms with Crippen molar-refractivity contribution in [3.8, 4) is 5.75 Å². The molecule has 0 amide bonds. The van der Waals surface area contributed by atoms with Crippen molar-refractivity contribution in [1.29, 1.82) is 0 Å². The van der Waals surface area contributed by atoms with Gasteiger partial charge in [0, 0.05) is 24.7 Å². The molecule has 1 rings (SSSR count). The highest BCUT2D eigenvalue weighted by atomic mass is 35.5. The van der Waals surface area contributed by atoms with E-state index in [4.69, 9.17) is 22.1 Å². The van der Waals surface area contributed by atoms with Gasteiger partial charge in [-0.25, -0.2) is 0 Å². The molecular weight excluding hydrogens is 302 g/mol. The molecule has 0 heterocycles. The molecule has 8 heteroatoms. The van der Waals surface area contributed by atoms with Crippen molar-refractivity contribution in [2.75, 3.05) is 32.0 Å². The first-order chi connectivity index (χ1) is 9.31. The first-order valence-electron chi connectivity index (χ1n) is 6.10. The second kappa shape index (κ2) is 7.12. The van der Waals surface area contributed by atoms with E-state index < -0.39 is 10.2 Å². The molecule has 0 aliphatic rings. The first-order valence-corrected chi connectivity index (χ1v) is 7.92. The monoisotopic (exact) mass is 321 g/mol. The molecule has 1 aromatic rings. The fourth-order valence-electron chi connectivity index (χ4n) is 1.56. The predicted octanol–water partition coefficient (Wildman–Crippen LogP) is 1.59. The summed E-state index contributed by atoms with van der Waals surface area (Å²) in [4.78, 5) is 0. The molecule has 0 aliphatic carbocycles. The zero-order valence-electron chi connectivity index (χ0n) is 11.8. The van der Waals surface area contributed by atoms with Gasteiger partial charge in [0.2, 0.25) is 0 Å². The molecule has 0 bridgehead atoms. The van der Waals surface area contributed by atoms with Crippen molar-refractivity contribution in [3.63, 3.8) is 0 Å². The van der Waals surface area contributed by atoms with E-state index >= 15 is 0 Å². The standard InChI is InChI=1S/C12H20ClN3O3S/c1-9-7-11(12(19-3)8-10(9)13)15-20(17,18)16(2)6-4-5-14/h7-8,15H,4-6,14H2,1-3H3. The summed E-state index contributed by atoms with van der Waals surface area (Å²) in [7, 11) is -0.694. The summed E-state index contributed by atoms with van der Waals surface area (Å²) < 4.78 is 33.1. The van der Waals surface area contributed by atoms with Crippen molar-refractivity contribution >= 4 is 27.5 Å². The van der Waals surface area contributed by atoms with Crippen LogP contribution in [-0.2, 0) is 10.2 Å². The fraction of sp³-hybridized carbons (Fsp3) is 0.500. The second-order valence-electron chi connectivity index (χ2n) is 4.37. The number of rotatable bonds is 7. The topological polar surface area (TPSA) is 84.7 Å². The number of hydrogen-bond acceptors (Lipinski definition) is 4. The third-order valence-corrected chi connectivity index (χ3v) is 4.70. The number of aryl methyl sites for hydroxylation is 1. The fourth-order valence-corrected chi connectivity index (χ4v) is 2.68. The minimum absolute atomic E-state index is 0.348. The number of nitrogens with two attached hydrogens (primary N) is 1. The maximum absolute atomic E-state index is 12.2. The molecule has 6 nitrogen and oxygen atoms in total. The molecule has 0 atom stereocenters. The van der Waals surface area contributed by atoms with Crippen LogP contribution in [-0.4, -0.2) is 40.0 Å². The van der Waals surface area contributed by atoms with Gasteiger partial charge < -0.3 is 10.5 Å². The minimum atomic E-state index is -3.64. The van der Waals surface area contributed by atoms with Crippen LogP contribution in [0.4, 0.5) is 5.69 Å². The van der Waals surface area contributed by atoms with Crippen LogP contribution in [0.3, 0.4) is 0 Å². The molecule has 3 N–H and O–H groups in total. The Morgan fingerprint density at radius 3 is 2.65 bits per heavy atom. The Morgan fingerprint density at radius 1 is 1.45 bits per heavy atom. The third kappa shape index (κ3) is 4.24. The minimum Gasteiger partial charge on any atom is -0.495 e. The molecule has 20 heavy (non-hydrogen) atoms. The van der Waals surface area contributed by atoms with Crippen LogP contribution in [0.25, 0.3) is 0 Å². The Morgan fingerprint density at radius 2 is 2.10 bits per heavy atom. The maximum Gasteiger partial charge on any atom is 0.301 e. The Balaban J connectivity index is 3.00. The van der Waals surface area contributed by atoms with Gasteiger partial charge >= 0.3 is 10.2 Å². The van der Waals surface area contributed by atoms with E-state index in [1.54, 1.807) is 19.1 Å². The molecule has 0 unspecified atom stereocenters. The molecule has 0 radical (unpaired) electrons. The van der Waals surface area contributed by atoms with Gasteiger partial charge in [-0.1, -0.05) is 11.6 Å². The van der Waals surface area contributed by atoms with Crippen molar-refractivity contribution in [1.82, 2.24) is 4.31 Å². The van der Waals surface area contributed by atoms with Gasteiger partial charge in [0.15, 0.2) is 0 Å². The van der Waals surface area contributed by atoms with E-state index in [1.807, 2.05) is 0 Å². The molecule has 0 aliphatic heterocycles. The summed E-state index contributed by atoms with van der Waals surface area (Å²) in [6.07, 6.45) is 0.591. The van der Waals surface area contributed by atoms with E-state index in [2.05, 4.69) is 4.72 Å². The van der Waals surface area contributed by atoms with E-state index in [-0.39, 0.29) is 0 Å². The van der Waals surface area contributed by atoms with Crippen LogP contribution in [0.15, 0.2) is 12.1 Å². The van der Waals surface area contributed by atoms with Gasteiger partial charge in [-0.2, -0.15) is 12.7 Å². The molecule has 0 aromatic heterocycles. The van der Waals surface area contributed by atoms with Crippen LogP contribution < -0.4 is 15.2 Å². The number of benzene rings is 1. The Labute approximate surface area is 125 Å². The average Bonchev–Trinajstić information content (AvgIpc) is 2.39. The van der Waals surface area contributed by atoms with Crippen molar-refractivity contribution in [2.24, 2.45) is 5.73 Å². The lowest BCUT2D eigenvalue weighted by Crippen LogP contribution is -2.34. The number of ether oxygens (including phenoxy) is 1. The van der Waals surface area contributed by atoms with Gasteiger partial charge in [-0.05, 0) is 31.5 Å². The number of nitrogens with zero attached hydrogens (tertiary/aromatic N) is 1. The van der Waals surface area contributed by atoms with Gasteiger partial charge in [0.1, 0.15) is 5.75 Å². The number of hydrogen-bond donors (Lipinski definition) is 2. The highest BCUT2D eigenvalue weighted by Crippen LogP contribution is 2.31. The number of anilines is 1. The Kier molecular flexibility index (Phi) is 6.07. The van der Waals surface area contributed by atoms with Gasteiger partial charge in [-0.15, -0.1) is 0 Å². The summed E-state index contributed by atoms with van der Waals surface area (Å²) in [6.45, 7) is 2.57. The van der Waals surface area contributed by atoms with E-state index in [0.29, 0.717) is 36.0 Å². The van der Waals surface area contributed by atoms with Gasteiger partial charge in [0.05, 0.1) is 12.8 Å². The molecule has 1 aromatic carbocycles. The summed E-state index contributed by atoms with van der Waals surface area (Å²) in [5.41, 5.74) is 6.49. The van der Waals surface area contributed by atoms with E-state index in [0.717, 1.165) is 5.56 Å². The van der Waals surface area contributed by atoms with E-state index in [9.17, 15) is 8.42 Å². The molecule has 0 saturated heterocycles. The number of halogens is 1. The maximum atomic E-state index is 12.2. The molecular formula is C12H20ClN3O3S. The zero-order valence-corrected chi connectivity index (χ0v) is 13.4. The predicted molar refractivity (Wildman–Crippen MR) is 81.6 cm³/mol. The van der Waals surface area contributed by atoms with E-state index in [1.165, 1.54) is 18.5 Å². The molecule has 0 spiro atoms. The molecule has 114 valence electrons. The van der Waals surface area contributed by atoms with Crippen LogP contribution >= 0.6 is 11.6 Å². The van der Waals surface area contributed by atoms with Crippen LogP contribution in [0.5, 0.6) is 5.75 Å². The summed E-state index contributed by atoms with van der Waals surface area (Å²) >= 11 is 5.99. The van der Waals surface area contributed by atoms with Gasteiger partial charge in [0.25, 0.3) is 0 Å². The first kappa shape index (κ1) is 17.0. The van der Waals surface area contributed by atoms with Crippen LogP contribution in [0, 0.1) is 6.92 Å². The quantitative estimate of drug-likeness (QED) is 0.798. The van der Waals surface area contributed by atoms with Crippen LogP contribution in [0.1, 0.15) is 12.0 Å². The second-order valence-corrected chi connectivity index (χ2v) is 6.56. The van der Waals surface area contributed by atoms with Crippen molar-refractivity contribution in [2.45, 2.75) is 13.3 Å². The van der Waals surface area contributed by atoms with Crippen molar-refractivity contribution in [3.05, 3.63) is 22.7 Å². The lowest BCUT2D eigenvalue weighted by atomic mass is 10.2. The largest absolute Gasteiger partial charge is 0.495 e. The number of nitrogens with one attached hydrogen (secondary N) is 1. The zero-order chi connectivity index (χ0) is 15.3. The smallest absolute Gasteiger partial charge is 0.301 e. The number of methoxy groups -OCH3 is 1. The third-order valence-electron chi connectivity index (χ3n) is 2.81. The average molecular weight is 322 g/mol. The molecule has 0 fully saturated rings. The van der Waals surface area contributed by atoms with Crippen LogP contribution in [0.2, 0.25) is 5.02 Å². The lowest BCUT2D eigenvalue weighted by Gasteiger charge is -2.19. The summed E-state index contributed by atoms with van der Waals surface area (Å²) in [5.74, 6) is 0.372. The highest BCUT2D eigenvalue weighted by Gasteiger charge is 2.19. The lowest BCUT2D eigenvalue weighted by molar-refractivity contribution is 0.416. The molecule has 0 saturated carbocycles. The Bertz CT molecular complexity index is 563. The van der Waals surface area contributed by atoms with Crippen molar-refractivity contribution < 1.29 is 13.2 Å². The Hall–Kier alpha value is -1.02. The SMILES string of the molecule is COc1cc(Cl)c(C)cc1NS(=O)(=O)N(C)CCCN.